The molecule has 0 unspecified atom stereocenters. The zero-order valence-corrected chi connectivity index (χ0v) is 22.4. The molecule has 3 aromatic rings. The first-order chi connectivity index (χ1) is 16.4. The molecule has 0 saturated heterocycles. The quantitative estimate of drug-likeness (QED) is 0.306. The summed E-state index contributed by atoms with van der Waals surface area (Å²) in [6, 6.07) is 11.9. The maximum atomic E-state index is 14.1. The molecule has 1 aromatic heterocycles. The van der Waals surface area contributed by atoms with Crippen LogP contribution in [-0.2, 0) is 6.42 Å². The molecule has 0 spiro atoms. The summed E-state index contributed by atoms with van der Waals surface area (Å²) >= 11 is 0. The number of allylic oxidation sites excluding steroid dienone is 4. The van der Waals surface area contributed by atoms with Crippen LogP contribution in [0.1, 0.15) is 62.6 Å². The molecule has 3 nitrogen and oxygen atoms in total. The zero-order valence-electron chi connectivity index (χ0n) is 22.4. The molecule has 0 aliphatic carbocycles. The molecule has 3 rings (SSSR count). The number of rotatable bonds is 9. The van der Waals surface area contributed by atoms with Crippen molar-refractivity contribution in [3.05, 3.63) is 93.8 Å². The van der Waals surface area contributed by atoms with E-state index < -0.39 is 5.85 Å². The summed E-state index contributed by atoms with van der Waals surface area (Å²) in [5.74, 6) is -1.20. The third kappa shape index (κ3) is 6.25. The predicted octanol–water partition coefficient (Wildman–Crippen LogP) is 8.26. The number of benzene rings is 2. The maximum Gasteiger partial charge on any atom is 0.242 e. The summed E-state index contributed by atoms with van der Waals surface area (Å²) in [7, 11) is 0. The lowest BCUT2D eigenvalue weighted by Crippen LogP contribution is -2.21. The molecule has 0 saturated carbocycles. The molecule has 1 heterocycles. The van der Waals surface area contributed by atoms with Crippen LogP contribution in [-0.4, -0.2) is 17.4 Å². The number of aromatic amines is 1. The molecule has 2 N–H and O–H groups in total. The fourth-order valence-electron chi connectivity index (χ4n) is 4.49. The molecule has 186 valence electrons. The summed E-state index contributed by atoms with van der Waals surface area (Å²) in [5.41, 5.74) is 11.4. The molecule has 0 fully saturated rings. The summed E-state index contributed by atoms with van der Waals surface area (Å²) in [5, 5.41) is 4.86. The number of para-hydroxylation sites is 1. The second-order valence-corrected chi connectivity index (χ2v) is 9.93. The van der Waals surface area contributed by atoms with E-state index in [-0.39, 0.29) is 0 Å². The highest BCUT2D eigenvalue weighted by Gasteiger charge is 2.19. The standard InChI is InChI=1S/C31H39FN2O/c1-19-14-15-20(2)30-29(19)27(25(7)34-30)16-17-33-24(6)23(5)21(3)18-22(4)26-12-10-11-13-28(26)35-31(8,9)32/h10-15,18,33-34H,6,16-17H2,1-5,7-9H3/b22-18+,23-21+. The number of halogens is 1. The molecular formula is C31H39FN2O. The number of aryl methyl sites for hydroxylation is 3. The largest absolute Gasteiger partial charge is 0.458 e. The smallest absolute Gasteiger partial charge is 0.242 e. The van der Waals surface area contributed by atoms with Crippen molar-refractivity contribution < 1.29 is 9.13 Å². The predicted molar refractivity (Wildman–Crippen MR) is 148 cm³/mol. The van der Waals surface area contributed by atoms with E-state index in [4.69, 9.17) is 4.74 Å². The number of nitrogens with one attached hydrogen (secondary N) is 2. The number of alkyl halides is 1. The first-order valence-corrected chi connectivity index (χ1v) is 12.2. The van der Waals surface area contributed by atoms with Crippen molar-refractivity contribution in [1.29, 1.82) is 0 Å². The van der Waals surface area contributed by atoms with Crippen LogP contribution in [0.15, 0.2) is 65.9 Å². The van der Waals surface area contributed by atoms with Gasteiger partial charge >= 0.3 is 0 Å². The molecular weight excluding hydrogens is 435 g/mol. The topological polar surface area (TPSA) is 37.0 Å². The fraction of sp³-hybridized carbons (Fsp3) is 0.355. The van der Waals surface area contributed by atoms with Gasteiger partial charge in [0.05, 0.1) is 0 Å². The summed E-state index contributed by atoms with van der Waals surface area (Å²) in [4.78, 5) is 3.57. The Hall–Kier alpha value is -3.27. The van der Waals surface area contributed by atoms with Crippen molar-refractivity contribution in [2.24, 2.45) is 0 Å². The molecule has 4 heteroatoms. The van der Waals surface area contributed by atoms with Gasteiger partial charge in [-0.05, 0) is 87.4 Å². The number of hydrogen-bond acceptors (Lipinski definition) is 2. The van der Waals surface area contributed by atoms with Crippen molar-refractivity contribution in [2.75, 3.05) is 6.54 Å². The third-order valence-corrected chi connectivity index (χ3v) is 6.54. The van der Waals surface area contributed by atoms with Crippen LogP contribution >= 0.6 is 0 Å². The molecule has 0 radical (unpaired) electrons. The molecule has 35 heavy (non-hydrogen) atoms. The van der Waals surface area contributed by atoms with Gasteiger partial charge in [0.1, 0.15) is 5.75 Å². The highest BCUT2D eigenvalue weighted by atomic mass is 19.2. The normalized spacial score (nSPS) is 13.1. The second-order valence-electron chi connectivity index (χ2n) is 9.93. The number of aromatic nitrogens is 1. The van der Waals surface area contributed by atoms with Crippen LogP contribution in [0.3, 0.4) is 0 Å². The first-order valence-electron chi connectivity index (χ1n) is 12.2. The Bertz CT molecular complexity index is 1300. The highest BCUT2D eigenvalue weighted by Crippen LogP contribution is 2.31. The lowest BCUT2D eigenvalue weighted by molar-refractivity contribution is -0.0259. The van der Waals surface area contributed by atoms with Crippen LogP contribution in [0.4, 0.5) is 4.39 Å². The minimum atomic E-state index is -1.74. The van der Waals surface area contributed by atoms with Crippen molar-refractivity contribution in [3.8, 4) is 5.75 Å². The SMILES string of the molecule is C=C(NCCc1c(C)[nH]c2c(C)ccc(C)c12)/C(C)=C(C)/C=C(\C)c1ccccc1OC(C)(C)F. The molecule has 0 atom stereocenters. The highest BCUT2D eigenvalue weighted by molar-refractivity contribution is 5.90. The van der Waals surface area contributed by atoms with E-state index in [1.807, 2.05) is 25.1 Å². The second kappa shape index (κ2) is 10.6. The monoisotopic (exact) mass is 474 g/mol. The number of fused-ring (bicyclic) bond motifs is 1. The first kappa shape index (κ1) is 26.3. The van der Waals surface area contributed by atoms with Gasteiger partial charge in [-0.1, -0.05) is 43.0 Å². The van der Waals surface area contributed by atoms with Gasteiger partial charge in [-0.25, -0.2) is 0 Å². The van der Waals surface area contributed by atoms with E-state index in [9.17, 15) is 4.39 Å². The van der Waals surface area contributed by atoms with E-state index >= 15 is 0 Å². The Kier molecular flexibility index (Phi) is 7.94. The third-order valence-electron chi connectivity index (χ3n) is 6.54. The molecule has 0 aliphatic rings. The van der Waals surface area contributed by atoms with Crippen LogP contribution in [0, 0.1) is 20.8 Å². The fourth-order valence-corrected chi connectivity index (χ4v) is 4.49. The average Bonchev–Trinajstić information content (AvgIpc) is 3.12. The lowest BCUT2D eigenvalue weighted by atomic mass is 10.00. The van der Waals surface area contributed by atoms with Gasteiger partial charge in [0, 0.05) is 48.2 Å². The molecule has 0 aliphatic heterocycles. The zero-order chi connectivity index (χ0) is 25.9. The van der Waals surface area contributed by atoms with Crippen molar-refractivity contribution in [3.63, 3.8) is 0 Å². The Labute approximate surface area is 209 Å². The van der Waals surface area contributed by atoms with Crippen molar-refractivity contribution in [2.45, 2.75) is 67.7 Å². The minimum Gasteiger partial charge on any atom is -0.458 e. The van der Waals surface area contributed by atoms with Gasteiger partial charge in [0.25, 0.3) is 0 Å². The molecule has 0 bridgehead atoms. The molecule has 0 amide bonds. The minimum absolute atomic E-state index is 0.538. The van der Waals surface area contributed by atoms with Crippen molar-refractivity contribution in [1.82, 2.24) is 10.3 Å². The van der Waals surface area contributed by atoms with Gasteiger partial charge in [-0.3, -0.25) is 0 Å². The summed E-state index contributed by atoms with van der Waals surface area (Å²) in [6.07, 6.45) is 3.02. The number of H-pyrrole nitrogens is 1. The van der Waals surface area contributed by atoms with Crippen LogP contribution in [0.2, 0.25) is 0 Å². The Morgan fingerprint density at radius 2 is 1.71 bits per heavy atom. The van der Waals surface area contributed by atoms with Crippen molar-refractivity contribution >= 4 is 16.5 Å². The summed E-state index contributed by atoms with van der Waals surface area (Å²) in [6.45, 7) is 20.5. The van der Waals surface area contributed by atoms with Crippen LogP contribution in [0.25, 0.3) is 16.5 Å². The van der Waals surface area contributed by atoms with Gasteiger partial charge in [0.2, 0.25) is 5.85 Å². The lowest BCUT2D eigenvalue weighted by Gasteiger charge is -2.20. The summed E-state index contributed by atoms with van der Waals surface area (Å²) < 4.78 is 19.6. The van der Waals surface area contributed by atoms with E-state index in [1.54, 1.807) is 6.07 Å². The average molecular weight is 475 g/mol. The Balaban J connectivity index is 1.73. The van der Waals surface area contributed by atoms with E-state index in [0.29, 0.717) is 5.75 Å². The van der Waals surface area contributed by atoms with Gasteiger partial charge in [-0.15, -0.1) is 0 Å². The maximum absolute atomic E-state index is 14.1. The Morgan fingerprint density at radius 3 is 2.40 bits per heavy atom. The van der Waals surface area contributed by atoms with E-state index in [0.717, 1.165) is 40.9 Å². The number of hydrogen-bond donors (Lipinski definition) is 2. The molecule has 2 aromatic carbocycles. The van der Waals surface area contributed by atoms with E-state index in [2.05, 4.69) is 69.7 Å². The van der Waals surface area contributed by atoms with Gasteiger partial charge in [-0.2, -0.15) is 4.39 Å². The van der Waals surface area contributed by atoms with E-state index in [1.165, 1.54) is 47.1 Å². The van der Waals surface area contributed by atoms with Crippen LogP contribution in [0.5, 0.6) is 5.75 Å². The number of ether oxygens (including phenoxy) is 1. The van der Waals surface area contributed by atoms with Gasteiger partial charge in [0.15, 0.2) is 0 Å². The van der Waals surface area contributed by atoms with Gasteiger partial charge < -0.3 is 15.0 Å². The van der Waals surface area contributed by atoms with Crippen LogP contribution < -0.4 is 10.1 Å². The Morgan fingerprint density at radius 1 is 1.06 bits per heavy atom.